The first-order chi connectivity index (χ1) is 6.63. The molecule has 0 aromatic carbocycles. The highest BCUT2D eigenvalue weighted by Gasteiger charge is 2.51. The topological polar surface area (TPSA) is 91.2 Å². The number of thiocarbonyl (C=S) groups is 1. The van der Waals surface area contributed by atoms with Crippen LogP contribution in [0.5, 0.6) is 0 Å². The summed E-state index contributed by atoms with van der Waals surface area (Å²) < 4.78 is 10.3. The van der Waals surface area contributed by atoms with E-state index in [0.717, 1.165) is 0 Å². The number of aliphatic hydroxyl groups excluding tert-OH is 3. The van der Waals surface area contributed by atoms with Crippen LogP contribution in [0.2, 0.25) is 0 Å². The van der Waals surface area contributed by atoms with Crippen LogP contribution in [-0.2, 0) is 9.47 Å². The van der Waals surface area contributed by atoms with E-state index in [1.165, 1.54) is 0 Å². The Kier molecular flexibility index (Phi) is 2.58. The molecule has 5 atom stereocenters. The summed E-state index contributed by atoms with van der Waals surface area (Å²) in [4.78, 5) is 0. The number of hydrogen-bond acceptors (Lipinski definition) is 6. The average Bonchev–Trinajstić information content (AvgIpc) is 2.64. The molecule has 0 saturated carbocycles. The van der Waals surface area contributed by atoms with Gasteiger partial charge < -0.3 is 30.1 Å². The lowest BCUT2D eigenvalue weighted by Crippen LogP contribution is -2.41. The molecule has 4 N–H and O–H groups in total. The summed E-state index contributed by atoms with van der Waals surface area (Å²) in [6, 6.07) is 0. The molecule has 2 heterocycles. The molecule has 7 heteroatoms. The number of rotatable bonds is 2. The van der Waals surface area contributed by atoms with Crippen molar-refractivity contribution in [3.05, 3.63) is 0 Å². The first-order valence-corrected chi connectivity index (χ1v) is 4.64. The van der Waals surface area contributed by atoms with Gasteiger partial charge in [0.15, 0.2) is 12.3 Å². The van der Waals surface area contributed by atoms with Gasteiger partial charge in [0.1, 0.15) is 18.3 Å². The molecule has 0 spiro atoms. The third-order valence-electron chi connectivity index (χ3n) is 2.34. The molecule has 80 valence electrons. The average molecular weight is 221 g/mol. The molecule has 0 aromatic rings. The molecule has 0 aromatic heterocycles. The van der Waals surface area contributed by atoms with Crippen LogP contribution in [0.4, 0.5) is 0 Å². The van der Waals surface area contributed by atoms with Crippen LogP contribution in [0.3, 0.4) is 0 Å². The van der Waals surface area contributed by atoms with E-state index < -0.39 is 37.3 Å². The molecule has 0 aliphatic carbocycles. The standard InChI is InChI=1S/C7H11NO5S/c9-1-2(10)4-3(11)5-6(12-4)8-7(14)13-5/h2-6,9-11H,1H2,(H,8,14)/t2-,3+,4-,5+,6-/m0/s1. The lowest BCUT2D eigenvalue weighted by Gasteiger charge is -2.20. The van der Waals surface area contributed by atoms with Gasteiger partial charge in [-0.05, 0) is 12.2 Å². The molecule has 2 saturated heterocycles. The van der Waals surface area contributed by atoms with E-state index in [-0.39, 0.29) is 5.17 Å². The number of ether oxygens (including phenoxy) is 2. The van der Waals surface area contributed by atoms with Crippen LogP contribution in [0.15, 0.2) is 0 Å². The van der Waals surface area contributed by atoms with Crippen molar-refractivity contribution in [1.82, 2.24) is 5.32 Å². The fraction of sp³-hybridized carbons (Fsp3) is 0.857. The van der Waals surface area contributed by atoms with Gasteiger partial charge in [-0.15, -0.1) is 0 Å². The van der Waals surface area contributed by atoms with Crippen molar-refractivity contribution < 1.29 is 24.8 Å². The zero-order valence-corrected chi connectivity index (χ0v) is 7.98. The van der Waals surface area contributed by atoms with E-state index >= 15 is 0 Å². The summed E-state index contributed by atoms with van der Waals surface area (Å²) in [5, 5.41) is 30.5. The summed E-state index contributed by atoms with van der Waals surface area (Å²) in [7, 11) is 0. The fourth-order valence-corrected chi connectivity index (χ4v) is 1.86. The van der Waals surface area contributed by atoms with Crippen LogP contribution in [0, 0.1) is 0 Å². The van der Waals surface area contributed by atoms with Gasteiger partial charge in [0, 0.05) is 0 Å². The quantitative estimate of drug-likeness (QED) is 0.390. The van der Waals surface area contributed by atoms with Crippen LogP contribution < -0.4 is 5.32 Å². The van der Waals surface area contributed by atoms with Crippen LogP contribution in [0.1, 0.15) is 0 Å². The van der Waals surface area contributed by atoms with E-state index in [1.807, 2.05) is 0 Å². The highest BCUT2D eigenvalue weighted by molar-refractivity contribution is 7.80. The Balaban J connectivity index is 2.05. The fourth-order valence-electron chi connectivity index (χ4n) is 1.64. The summed E-state index contributed by atoms with van der Waals surface area (Å²) >= 11 is 4.72. The van der Waals surface area contributed by atoms with Crippen LogP contribution in [-0.4, -0.2) is 57.7 Å². The van der Waals surface area contributed by atoms with Gasteiger partial charge in [-0.25, -0.2) is 0 Å². The van der Waals surface area contributed by atoms with Gasteiger partial charge in [-0.2, -0.15) is 0 Å². The first kappa shape index (κ1) is 10.1. The monoisotopic (exact) mass is 221 g/mol. The second kappa shape index (κ2) is 3.59. The highest BCUT2D eigenvalue weighted by Crippen LogP contribution is 2.28. The smallest absolute Gasteiger partial charge is 0.259 e. The van der Waals surface area contributed by atoms with E-state index in [9.17, 15) is 10.2 Å². The van der Waals surface area contributed by atoms with Crippen molar-refractivity contribution >= 4 is 17.4 Å². The molecule has 0 amide bonds. The van der Waals surface area contributed by atoms with Crippen molar-refractivity contribution in [2.24, 2.45) is 0 Å². The Morgan fingerprint density at radius 1 is 1.57 bits per heavy atom. The number of hydrogen-bond donors (Lipinski definition) is 4. The van der Waals surface area contributed by atoms with Crippen molar-refractivity contribution in [1.29, 1.82) is 0 Å². The Hall–Kier alpha value is -0.470. The van der Waals surface area contributed by atoms with Gasteiger partial charge in [0.25, 0.3) is 5.17 Å². The Morgan fingerprint density at radius 2 is 2.29 bits per heavy atom. The van der Waals surface area contributed by atoms with E-state index in [1.54, 1.807) is 0 Å². The summed E-state index contributed by atoms with van der Waals surface area (Å²) in [5.74, 6) is 0. The van der Waals surface area contributed by atoms with Gasteiger partial charge in [-0.3, -0.25) is 0 Å². The Morgan fingerprint density at radius 3 is 2.86 bits per heavy atom. The zero-order chi connectivity index (χ0) is 10.3. The third-order valence-corrected chi connectivity index (χ3v) is 2.56. The van der Waals surface area contributed by atoms with Gasteiger partial charge in [0.2, 0.25) is 0 Å². The predicted octanol–water partition coefficient (Wildman–Crippen LogP) is -2.30. The maximum Gasteiger partial charge on any atom is 0.259 e. The normalized spacial score (nSPS) is 42.9. The molecule has 0 unspecified atom stereocenters. The molecule has 0 radical (unpaired) electrons. The Bertz CT molecular complexity index is 250. The van der Waals surface area contributed by atoms with Crippen molar-refractivity contribution in [3.63, 3.8) is 0 Å². The number of nitrogens with one attached hydrogen (secondary N) is 1. The van der Waals surface area contributed by atoms with E-state index in [2.05, 4.69) is 5.32 Å². The Labute approximate surface area is 85.4 Å². The lowest BCUT2D eigenvalue weighted by molar-refractivity contribution is -0.0846. The molecule has 0 bridgehead atoms. The summed E-state index contributed by atoms with van der Waals surface area (Å²) in [6.45, 7) is -0.467. The second-order valence-corrected chi connectivity index (χ2v) is 3.65. The largest absolute Gasteiger partial charge is 0.460 e. The zero-order valence-electron chi connectivity index (χ0n) is 7.16. The van der Waals surface area contributed by atoms with Gasteiger partial charge >= 0.3 is 0 Å². The predicted molar refractivity (Wildman–Crippen MR) is 48.4 cm³/mol. The maximum absolute atomic E-state index is 9.66. The molecule has 6 nitrogen and oxygen atoms in total. The van der Waals surface area contributed by atoms with Crippen LogP contribution >= 0.6 is 12.2 Å². The van der Waals surface area contributed by atoms with Gasteiger partial charge in [-0.1, -0.05) is 0 Å². The highest BCUT2D eigenvalue weighted by atomic mass is 32.1. The SMILES string of the molecule is OC[C@H](O)[C@@H]1O[C@@H]2NC(=S)O[C@@H]2[C@@H]1O. The molecule has 2 aliphatic rings. The molecular formula is C7H11NO5S. The number of aliphatic hydroxyl groups is 3. The van der Waals surface area contributed by atoms with Gasteiger partial charge in [0.05, 0.1) is 6.61 Å². The number of fused-ring (bicyclic) bond motifs is 1. The summed E-state index contributed by atoms with van der Waals surface area (Å²) in [6.07, 6.45) is -4.09. The minimum atomic E-state index is -1.12. The van der Waals surface area contributed by atoms with Crippen molar-refractivity contribution in [2.45, 2.75) is 30.6 Å². The minimum Gasteiger partial charge on any atom is -0.460 e. The van der Waals surface area contributed by atoms with E-state index in [0.29, 0.717) is 0 Å². The molecule has 2 aliphatic heterocycles. The lowest BCUT2D eigenvalue weighted by atomic mass is 10.1. The van der Waals surface area contributed by atoms with E-state index in [4.69, 9.17) is 26.8 Å². The summed E-state index contributed by atoms with van der Waals surface area (Å²) in [5.41, 5.74) is 0. The van der Waals surface area contributed by atoms with Crippen molar-refractivity contribution in [3.8, 4) is 0 Å². The molecule has 14 heavy (non-hydrogen) atoms. The molecule has 2 fully saturated rings. The maximum atomic E-state index is 9.66. The third kappa shape index (κ3) is 1.47. The molecule has 2 rings (SSSR count). The van der Waals surface area contributed by atoms with Crippen molar-refractivity contribution in [2.75, 3.05) is 6.61 Å². The minimum absolute atomic E-state index is 0.177. The second-order valence-electron chi connectivity index (χ2n) is 3.28. The molecular weight excluding hydrogens is 210 g/mol. The van der Waals surface area contributed by atoms with Crippen LogP contribution in [0.25, 0.3) is 0 Å². The first-order valence-electron chi connectivity index (χ1n) is 4.23.